The lowest BCUT2D eigenvalue weighted by Gasteiger charge is -2.19. The van der Waals surface area contributed by atoms with E-state index in [9.17, 15) is 4.79 Å². The third-order valence-corrected chi connectivity index (χ3v) is 6.64. The number of nitrogens with one attached hydrogen (secondary N) is 3. The summed E-state index contributed by atoms with van der Waals surface area (Å²) in [6.07, 6.45) is 5.55. The van der Waals surface area contributed by atoms with Crippen molar-refractivity contribution in [2.24, 2.45) is 0 Å². The highest BCUT2D eigenvalue weighted by Gasteiger charge is 2.15. The van der Waals surface area contributed by atoms with Gasteiger partial charge < -0.3 is 25.5 Å². The molecule has 4 N–H and O–H groups in total. The van der Waals surface area contributed by atoms with Gasteiger partial charge in [-0.1, -0.05) is 57.2 Å². The van der Waals surface area contributed by atoms with Crippen molar-refractivity contribution in [3.63, 3.8) is 0 Å². The largest absolute Gasteiger partial charge is 0.395 e. The third-order valence-electron chi connectivity index (χ3n) is 6.64. The van der Waals surface area contributed by atoms with Gasteiger partial charge in [0, 0.05) is 54.2 Å². The summed E-state index contributed by atoms with van der Waals surface area (Å²) in [6.45, 7) is 7.82. The molecular formula is C32H34N6O2. The summed E-state index contributed by atoms with van der Waals surface area (Å²) in [6, 6.07) is 23.5. The first-order valence-corrected chi connectivity index (χ1v) is 13.3. The van der Waals surface area contributed by atoms with Crippen molar-refractivity contribution in [3.8, 4) is 11.3 Å². The van der Waals surface area contributed by atoms with Gasteiger partial charge in [0.15, 0.2) is 11.5 Å². The van der Waals surface area contributed by atoms with Gasteiger partial charge >= 0.3 is 0 Å². The molecule has 0 aliphatic rings. The predicted octanol–water partition coefficient (Wildman–Crippen LogP) is 5.77. The molecule has 204 valence electrons. The number of aliphatic hydroxyl groups excluding tert-OH is 1. The molecule has 0 unspecified atom stereocenters. The number of fused-ring (bicyclic) bond motifs is 1. The van der Waals surface area contributed by atoms with Crippen LogP contribution in [0.2, 0.25) is 0 Å². The molecule has 5 aromatic rings. The smallest absolute Gasteiger partial charge is 0.255 e. The van der Waals surface area contributed by atoms with E-state index in [1.807, 2.05) is 89.6 Å². The van der Waals surface area contributed by atoms with Crippen LogP contribution in [0.4, 0.5) is 17.2 Å². The van der Waals surface area contributed by atoms with Crippen LogP contribution in [0.15, 0.2) is 91.4 Å². The highest BCUT2D eigenvalue weighted by Crippen LogP contribution is 2.27. The van der Waals surface area contributed by atoms with Crippen molar-refractivity contribution in [1.82, 2.24) is 19.7 Å². The average Bonchev–Trinajstić information content (AvgIpc) is 3.43. The lowest BCUT2D eigenvalue weighted by molar-refractivity contribution is 0.102. The first kappa shape index (κ1) is 27.1. The normalized spacial score (nSPS) is 11.5. The Labute approximate surface area is 234 Å². The minimum Gasteiger partial charge on any atom is -0.395 e. The third kappa shape index (κ3) is 6.36. The number of imidazole rings is 1. The first-order valence-electron chi connectivity index (χ1n) is 13.3. The Bertz CT molecular complexity index is 1600. The molecule has 0 bridgehead atoms. The van der Waals surface area contributed by atoms with Crippen molar-refractivity contribution >= 4 is 28.7 Å². The van der Waals surface area contributed by atoms with Gasteiger partial charge in [-0.15, -0.1) is 0 Å². The second kappa shape index (κ2) is 11.7. The molecule has 0 aliphatic carbocycles. The summed E-state index contributed by atoms with van der Waals surface area (Å²) >= 11 is 0. The molecule has 0 saturated carbocycles. The fourth-order valence-corrected chi connectivity index (χ4v) is 4.39. The van der Waals surface area contributed by atoms with Crippen LogP contribution in [0.25, 0.3) is 16.9 Å². The molecule has 0 aliphatic heterocycles. The Morgan fingerprint density at radius 1 is 0.975 bits per heavy atom. The van der Waals surface area contributed by atoms with Crippen molar-refractivity contribution < 1.29 is 9.90 Å². The highest BCUT2D eigenvalue weighted by molar-refractivity contribution is 6.04. The molecule has 2 heterocycles. The van der Waals surface area contributed by atoms with Gasteiger partial charge in [-0.25, -0.2) is 9.97 Å². The van der Waals surface area contributed by atoms with E-state index in [4.69, 9.17) is 10.1 Å². The van der Waals surface area contributed by atoms with Crippen LogP contribution in [0.1, 0.15) is 42.3 Å². The molecular weight excluding hydrogens is 500 g/mol. The number of hydrogen-bond donors (Lipinski definition) is 4. The fraction of sp³-hybridized carbons (Fsp3) is 0.219. The molecule has 0 spiro atoms. The second-order valence-corrected chi connectivity index (χ2v) is 10.7. The van der Waals surface area contributed by atoms with Gasteiger partial charge in [0.05, 0.1) is 12.3 Å². The van der Waals surface area contributed by atoms with Crippen molar-refractivity contribution in [2.75, 3.05) is 23.8 Å². The van der Waals surface area contributed by atoms with Crippen LogP contribution in [0.5, 0.6) is 0 Å². The number of aliphatic hydroxyl groups is 1. The van der Waals surface area contributed by atoms with Gasteiger partial charge in [-0.05, 0) is 52.9 Å². The molecule has 40 heavy (non-hydrogen) atoms. The minimum atomic E-state index is -0.159. The van der Waals surface area contributed by atoms with E-state index in [0.717, 1.165) is 22.5 Å². The fourth-order valence-electron chi connectivity index (χ4n) is 4.39. The van der Waals surface area contributed by atoms with Crippen molar-refractivity contribution in [2.45, 2.75) is 32.7 Å². The number of carbonyl (C=O) groups excluding carboxylic acids is 1. The van der Waals surface area contributed by atoms with Gasteiger partial charge in [-0.3, -0.25) is 4.79 Å². The number of anilines is 3. The highest BCUT2D eigenvalue weighted by atomic mass is 16.3. The molecule has 0 atom stereocenters. The Hall–Kier alpha value is -4.53. The lowest BCUT2D eigenvalue weighted by atomic mass is 9.87. The summed E-state index contributed by atoms with van der Waals surface area (Å²) in [5, 5.41) is 18.5. The minimum absolute atomic E-state index is 0.0297. The average molecular weight is 535 g/mol. The summed E-state index contributed by atoms with van der Waals surface area (Å²) in [5.41, 5.74) is 6.83. The van der Waals surface area contributed by atoms with Gasteiger partial charge in [-0.2, -0.15) is 0 Å². The lowest BCUT2D eigenvalue weighted by Crippen LogP contribution is -2.17. The topological polar surface area (TPSA) is 104 Å². The molecule has 8 nitrogen and oxygen atoms in total. The van der Waals surface area contributed by atoms with Crippen LogP contribution in [-0.2, 0) is 12.0 Å². The Morgan fingerprint density at radius 2 is 1.75 bits per heavy atom. The van der Waals surface area contributed by atoms with Gasteiger partial charge in [0.1, 0.15) is 0 Å². The molecule has 1 amide bonds. The van der Waals surface area contributed by atoms with E-state index >= 15 is 0 Å². The zero-order valence-electron chi connectivity index (χ0n) is 23.0. The second-order valence-electron chi connectivity index (χ2n) is 10.7. The molecule has 5 rings (SSSR count). The maximum absolute atomic E-state index is 13.0. The van der Waals surface area contributed by atoms with E-state index in [1.54, 1.807) is 6.20 Å². The van der Waals surface area contributed by atoms with Crippen LogP contribution < -0.4 is 16.0 Å². The van der Waals surface area contributed by atoms with Crippen molar-refractivity contribution in [3.05, 3.63) is 108 Å². The number of nitrogens with zero attached hydrogens (tertiary/aromatic N) is 3. The van der Waals surface area contributed by atoms with E-state index in [-0.39, 0.29) is 17.9 Å². The number of benzene rings is 3. The van der Waals surface area contributed by atoms with Crippen LogP contribution >= 0.6 is 0 Å². The standard InChI is InChI=1S/C32H34N6O2/c1-32(2,3)25-11-9-23(10-12-25)31(40)36-27-6-4-5-24(19-27)28-21-38-17-15-34-30(38)29(37-28)35-26-13-7-22(8-14-26)20-33-16-18-39/h4-15,17,19,21,33,39H,16,18,20H2,1-3H3,(H,35,37)(H,36,40). The molecule has 0 saturated heterocycles. The monoisotopic (exact) mass is 534 g/mol. The Balaban J connectivity index is 1.35. The van der Waals surface area contributed by atoms with Crippen LogP contribution in [0, 0.1) is 0 Å². The summed E-state index contributed by atoms with van der Waals surface area (Å²) < 4.78 is 1.93. The van der Waals surface area contributed by atoms with Crippen LogP contribution in [0.3, 0.4) is 0 Å². The van der Waals surface area contributed by atoms with Crippen molar-refractivity contribution in [1.29, 1.82) is 0 Å². The summed E-state index contributed by atoms with van der Waals surface area (Å²) in [4.78, 5) is 22.3. The zero-order valence-corrected chi connectivity index (χ0v) is 23.0. The SMILES string of the molecule is CC(C)(C)c1ccc(C(=O)Nc2cccc(-c3cn4ccnc4c(Nc4ccc(CNCCO)cc4)n3)c2)cc1. The van der Waals surface area contributed by atoms with E-state index in [2.05, 4.69) is 41.7 Å². The molecule has 8 heteroatoms. The number of rotatable bonds is 9. The molecule has 0 fully saturated rings. The zero-order chi connectivity index (χ0) is 28.1. The number of amides is 1. The Kier molecular flexibility index (Phi) is 7.91. The molecule has 0 radical (unpaired) electrons. The van der Waals surface area contributed by atoms with E-state index < -0.39 is 0 Å². The molecule has 3 aromatic carbocycles. The summed E-state index contributed by atoms with van der Waals surface area (Å²) in [5.74, 6) is 0.468. The number of hydrogen-bond acceptors (Lipinski definition) is 6. The number of aromatic nitrogens is 3. The maximum atomic E-state index is 13.0. The first-order chi connectivity index (χ1) is 19.3. The quantitative estimate of drug-likeness (QED) is 0.179. The predicted molar refractivity (Wildman–Crippen MR) is 160 cm³/mol. The molecule has 2 aromatic heterocycles. The van der Waals surface area contributed by atoms with Crippen LogP contribution in [-0.4, -0.2) is 38.5 Å². The summed E-state index contributed by atoms with van der Waals surface area (Å²) in [7, 11) is 0. The van der Waals surface area contributed by atoms with Gasteiger partial charge in [0.2, 0.25) is 0 Å². The van der Waals surface area contributed by atoms with E-state index in [0.29, 0.717) is 35.8 Å². The number of carbonyl (C=O) groups is 1. The Morgan fingerprint density at radius 3 is 2.48 bits per heavy atom. The van der Waals surface area contributed by atoms with Gasteiger partial charge in [0.25, 0.3) is 5.91 Å². The maximum Gasteiger partial charge on any atom is 0.255 e. The van der Waals surface area contributed by atoms with E-state index in [1.165, 1.54) is 5.56 Å².